The van der Waals surface area contributed by atoms with Crippen LogP contribution in [0.4, 0.5) is 10.1 Å². The normalized spacial score (nSPS) is 10.3. The van der Waals surface area contributed by atoms with Gasteiger partial charge in [-0.15, -0.1) is 0 Å². The Bertz CT molecular complexity index is 677. The van der Waals surface area contributed by atoms with Crippen molar-refractivity contribution >= 4 is 34.8 Å². The van der Waals surface area contributed by atoms with Crippen molar-refractivity contribution in [3.8, 4) is 0 Å². The van der Waals surface area contributed by atoms with Crippen molar-refractivity contribution in [3.05, 3.63) is 63.4 Å². The van der Waals surface area contributed by atoms with Gasteiger partial charge in [0, 0.05) is 19.3 Å². The lowest BCUT2D eigenvalue weighted by atomic mass is 10.1. The number of nitrogens with one attached hydrogen (secondary N) is 2. The number of amides is 1. The van der Waals surface area contributed by atoms with E-state index in [0.717, 1.165) is 11.3 Å². The summed E-state index contributed by atoms with van der Waals surface area (Å²) in [6, 6.07) is 9.58. The molecule has 110 valence electrons. The van der Waals surface area contributed by atoms with Gasteiger partial charge in [-0.05, 0) is 35.9 Å². The van der Waals surface area contributed by atoms with Gasteiger partial charge in [-0.1, -0.05) is 29.3 Å². The summed E-state index contributed by atoms with van der Waals surface area (Å²) in [6.45, 7) is 0.453. The van der Waals surface area contributed by atoms with E-state index in [1.807, 2.05) is 0 Å². The lowest BCUT2D eigenvalue weighted by molar-refractivity contribution is 0.0963. The smallest absolute Gasteiger partial charge is 0.252 e. The second-order valence-corrected chi connectivity index (χ2v) is 5.19. The third-order valence-electron chi connectivity index (χ3n) is 2.92. The standard InChI is InChI=1S/C15H13Cl2FN2O/c1-19-15(21)11-7-10(3-4-12(11)16)20-8-9-2-5-14(18)13(17)6-9/h2-7,20H,8H2,1H3,(H,19,21). The molecule has 2 N–H and O–H groups in total. The van der Waals surface area contributed by atoms with Crippen molar-refractivity contribution < 1.29 is 9.18 Å². The summed E-state index contributed by atoms with van der Waals surface area (Å²) < 4.78 is 13.1. The third kappa shape index (κ3) is 3.86. The minimum atomic E-state index is -0.450. The number of hydrogen-bond donors (Lipinski definition) is 2. The van der Waals surface area contributed by atoms with E-state index < -0.39 is 5.82 Å². The number of hydrogen-bond acceptors (Lipinski definition) is 2. The molecule has 0 aliphatic carbocycles. The Morgan fingerprint density at radius 1 is 1.14 bits per heavy atom. The number of carbonyl (C=O) groups is 1. The Balaban J connectivity index is 2.13. The first kappa shape index (κ1) is 15.6. The Hall–Kier alpha value is -1.78. The Morgan fingerprint density at radius 3 is 2.57 bits per heavy atom. The number of benzene rings is 2. The Labute approximate surface area is 132 Å². The molecule has 0 fully saturated rings. The average Bonchev–Trinajstić information content (AvgIpc) is 2.49. The van der Waals surface area contributed by atoms with Gasteiger partial charge < -0.3 is 10.6 Å². The highest BCUT2D eigenvalue weighted by Gasteiger charge is 2.09. The molecule has 2 aromatic carbocycles. The van der Waals surface area contributed by atoms with Crippen LogP contribution in [0, 0.1) is 5.82 Å². The summed E-state index contributed by atoms with van der Waals surface area (Å²) in [7, 11) is 1.54. The molecule has 0 bridgehead atoms. The van der Waals surface area contributed by atoms with Gasteiger partial charge in [0.2, 0.25) is 0 Å². The molecule has 0 atom stereocenters. The van der Waals surface area contributed by atoms with Crippen molar-refractivity contribution in [2.75, 3.05) is 12.4 Å². The fourth-order valence-electron chi connectivity index (χ4n) is 1.80. The fourth-order valence-corrected chi connectivity index (χ4v) is 2.20. The van der Waals surface area contributed by atoms with E-state index in [1.54, 1.807) is 37.4 Å². The van der Waals surface area contributed by atoms with Gasteiger partial charge in [-0.25, -0.2) is 4.39 Å². The third-order valence-corrected chi connectivity index (χ3v) is 3.54. The molecule has 0 radical (unpaired) electrons. The highest BCUT2D eigenvalue weighted by molar-refractivity contribution is 6.34. The van der Waals surface area contributed by atoms with Crippen LogP contribution in [0.1, 0.15) is 15.9 Å². The van der Waals surface area contributed by atoms with Gasteiger partial charge >= 0.3 is 0 Å². The van der Waals surface area contributed by atoms with Crippen LogP contribution in [0.3, 0.4) is 0 Å². The zero-order chi connectivity index (χ0) is 15.4. The van der Waals surface area contributed by atoms with Crippen LogP contribution >= 0.6 is 23.2 Å². The summed E-state index contributed by atoms with van der Waals surface area (Å²) in [6.07, 6.45) is 0. The van der Waals surface area contributed by atoms with Crippen LogP contribution in [0.25, 0.3) is 0 Å². The van der Waals surface area contributed by atoms with Gasteiger partial charge in [0.15, 0.2) is 0 Å². The van der Waals surface area contributed by atoms with Crippen molar-refractivity contribution in [3.63, 3.8) is 0 Å². The van der Waals surface area contributed by atoms with E-state index in [-0.39, 0.29) is 10.9 Å². The maximum Gasteiger partial charge on any atom is 0.252 e. The van der Waals surface area contributed by atoms with Gasteiger partial charge in [0.25, 0.3) is 5.91 Å². The number of carbonyl (C=O) groups excluding carboxylic acids is 1. The van der Waals surface area contributed by atoms with Crippen molar-refractivity contribution in [2.45, 2.75) is 6.54 Å². The first-order chi connectivity index (χ1) is 10.0. The molecule has 21 heavy (non-hydrogen) atoms. The Morgan fingerprint density at radius 2 is 1.90 bits per heavy atom. The van der Waals surface area contributed by atoms with E-state index in [4.69, 9.17) is 23.2 Å². The SMILES string of the molecule is CNC(=O)c1cc(NCc2ccc(F)c(Cl)c2)ccc1Cl. The Kier molecular flexibility index (Phi) is 5.04. The van der Waals surface area contributed by atoms with Crippen LogP contribution in [0.5, 0.6) is 0 Å². The summed E-state index contributed by atoms with van der Waals surface area (Å²) >= 11 is 11.7. The van der Waals surface area contributed by atoms with Gasteiger partial charge in [-0.2, -0.15) is 0 Å². The second-order valence-electron chi connectivity index (χ2n) is 4.38. The molecule has 2 rings (SSSR count). The highest BCUT2D eigenvalue weighted by Crippen LogP contribution is 2.22. The van der Waals surface area contributed by atoms with Crippen molar-refractivity contribution in [1.82, 2.24) is 5.32 Å². The van der Waals surface area contributed by atoms with Crippen LogP contribution in [0.2, 0.25) is 10.0 Å². The first-order valence-electron chi connectivity index (χ1n) is 6.20. The predicted octanol–water partition coefficient (Wildman–Crippen LogP) is 4.10. The molecule has 6 heteroatoms. The molecule has 2 aromatic rings. The molecule has 0 spiro atoms. The van der Waals surface area contributed by atoms with E-state index in [9.17, 15) is 9.18 Å². The molecular formula is C15H13Cl2FN2O. The number of rotatable bonds is 4. The summed E-state index contributed by atoms with van der Waals surface area (Å²) in [5.74, 6) is -0.706. The molecule has 0 unspecified atom stereocenters. The molecule has 0 heterocycles. The topological polar surface area (TPSA) is 41.1 Å². The zero-order valence-corrected chi connectivity index (χ0v) is 12.7. The minimum Gasteiger partial charge on any atom is -0.381 e. The van der Waals surface area contributed by atoms with Crippen LogP contribution in [-0.2, 0) is 6.54 Å². The maximum absolute atomic E-state index is 13.1. The highest BCUT2D eigenvalue weighted by atomic mass is 35.5. The van der Waals surface area contributed by atoms with Crippen LogP contribution in [0.15, 0.2) is 36.4 Å². The summed E-state index contributed by atoms with van der Waals surface area (Å²) in [4.78, 5) is 11.7. The van der Waals surface area contributed by atoms with E-state index in [1.165, 1.54) is 6.07 Å². The van der Waals surface area contributed by atoms with E-state index in [2.05, 4.69) is 10.6 Å². The molecule has 0 aromatic heterocycles. The quantitative estimate of drug-likeness (QED) is 0.887. The van der Waals surface area contributed by atoms with E-state index in [0.29, 0.717) is 17.1 Å². The molecular weight excluding hydrogens is 314 g/mol. The number of halogens is 3. The largest absolute Gasteiger partial charge is 0.381 e. The van der Waals surface area contributed by atoms with Crippen LogP contribution in [-0.4, -0.2) is 13.0 Å². The van der Waals surface area contributed by atoms with E-state index >= 15 is 0 Å². The average molecular weight is 327 g/mol. The van der Waals surface area contributed by atoms with Crippen LogP contribution < -0.4 is 10.6 Å². The lowest BCUT2D eigenvalue weighted by Crippen LogP contribution is -2.18. The number of anilines is 1. The molecule has 0 saturated carbocycles. The molecule has 3 nitrogen and oxygen atoms in total. The van der Waals surface area contributed by atoms with Crippen molar-refractivity contribution in [1.29, 1.82) is 0 Å². The van der Waals surface area contributed by atoms with Crippen molar-refractivity contribution in [2.24, 2.45) is 0 Å². The molecule has 0 aliphatic heterocycles. The zero-order valence-electron chi connectivity index (χ0n) is 11.2. The van der Waals surface area contributed by atoms with Gasteiger partial charge in [0.1, 0.15) is 5.82 Å². The molecule has 0 saturated heterocycles. The molecule has 1 amide bonds. The summed E-state index contributed by atoms with van der Waals surface area (Å²) in [5.41, 5.74) is 1.96. The first-order valence-corrected chi connectivity index (χ1v) is 6.96. The maximum atomic E-state index is 13.1. The minimum absolute atomic E-state index is 0.0801. The fraction of sp³-hybridized carbons (Fsp3) is 0.133. The summed E-state index contributed by atoms with van der Waals surface area (Å²) in [5, 5.41) is 6.12. The lowest BCUT2D eigenvalue weighted by Gasteiger charge is -2.10. The molecule has 0 aliphatic rings. The predicted molar refractivity (Wildman–Crippen MR) is 83.6 cm³/mol. The second kappa shape index (κ2) is 6.78. The van der Waals surface area contributed by atoms with Gasteiger partial charge in [-0.3, -0.25) is 4.79 Å². The van der Waals surface area contributed by atoms with Gasteiger partial charge in [0.05, 0.1) is 15.6 Å². The monoisotopic (exact) mass is 326 g/mol.